The lowest BCUT2D eigenvalue weighted by Crippen LogP contribution is -1.95. The van der Waals surface area contributed by atoms with E-state index in [0.717, 1.165) is 22.5 Å². The summed E-state index contributed by atoms with van der Waals surface area (Å²) in [5.74, 6) is 0. The van der Waals surface area contributed by atoms with E-state index in [1.54, 1.807) is 0 Å². The van der Waals surface area contributed by atoms with Gasteiger partial charge in [0.25, 0.3) is 0 Å². The summed E-state index contributed by atoms with van der Waals surface area (Å²) in [4.78, 5) is 0. The summed E-state index contributed by atoms with van der Waals surface area (Å²) in [6, 6.07) is 54.1. The standard InChI is InChI=1S/C36H22N2/c1-5-19-33-29(15-1)30-16-2-6-20-34(30)37(33)27-13-9-11-25(23-27)26-12-10-14-28(24-26)38-35-21-7-3-17-31(35)32-18-4-8-22-36(32)38/h1-9,11-13,15-24H. The zero-order chi connectivity index (χ0) is 25.1. The van der Waals surface area contributed by atoms with Crippen molar-refractivity contribution < 1.29 is 0 Å². The topological polar surface area (TPSA) is 9.86 Å². The number of benzene rings is 5. The first-order valence-electron chi connectivity index (χ1n) is 12.9. The number of nitrogens with zero attached hydrogens (tertiary/aromatic N) is 2. The maximum atomic E-state index is 3.39. The first-order chi connectivity index (χ1) is 18.9. The molecule has 0 unspecified atom stereocenters. The van der Waals surface area contributed by atoms with Gasteiger partial charge in [0.1, 0.15) is 0 Å². The summed E-state index contributed by atoms with van der Waals surface area (Å²) in [7, 11) is 0. The lowest BCUT2D eigenvalue weighted by Gasteiger charge is -2.11. The van der Waals surface area contributed by atoms with Crippen molar-refractivity contribution in [2.24, 2.45) is 0 Å². The Balaban J connectivity index is 1.32. The maximum Gasteiger partial charge on any atom is 0.0980 e. The fourth-order valence-corrected chi connectivity index (χ4v) is 5.91. The van der Waals surface area contributed by atoms with E-state index >= 15 is 0 Å². The highest BCUT2D eigenvalue weighted by Gasteiger charge is 2.14. The van der Waals surface area contributed by atoms with Crippen molar-refractivity contribution in [3.05, 3.63) is 146 Å². The molecule has 2 nitrogen and oxygen atoms in total. The highest BCUT2D eigenvalue weighted by molar-refractivity contribution is 6.10. The van der Waals surface area contributed by atoms with E-state index in [4.69, 9.17) is 0 Å². The van der Waals surface area contributed by atoms with Crippen LogP contribution < -0.4 is 0 Å². The third-order valence-corrected chi connectivity index (χ3v) is 7.56. The molecule has 0 atom stereocenters. The molecule has 38 heavy (non-hydrogen) atoms. The minimum absolute atomic E-state index is 0.988. The Kier molecular flexibility index (Phi) is 4.47. The quantitative estimate of drug-likeness (QED) is 0.238. The van der Waals surface area contributed by atoms with Gasteiger partial charge in [0, 0.05) is 27.2 Å². The third-order valence-electron chi connectivity index (χ3n) is 7.56. The summed E-state index contributed by atoms with van der Waals surface area (Å²) in [6.45, 7) is 0. The Bertz CT molecular complexity index is 1880. The fourth-order valence-electron chi connectivity index (χ4n) is 5.91. The Morgan fingerprint density at radius 2 is 0.921 bits per heavy atom. The summed E-state index contributed by atoms with van der Waals surface area (Å²) in [5.41, 5.74) is 9.17. The van der Waals surface area contributed by atoms with E-state index < -0.39 is 0 Å². The van der Waals surface area contributed by atoms with Gasteiger partial charge < -0.3 is 9.13 Å². The van der Waals surface area contributed by atoms with Crippen molar-refractivity contribution in [2.45, 2.75) is 0 Å². The third kappa shape index (κ3) is 3.03. The first kappa shape index (κ1) is 20.9. The van der Waals surface area contributed by atoms with Crippen LogP contribution in [0.5, 0.6) is 0 Å². The van der Waals surface area contributed by atoms with Crippen LogP contribution in [0.1, 0.15) is 0 Å². The highest BCUT2D eigenvalue weighted by atomic mass is 15.0. The number of fused-ring (bicyclic) bond motifs is 6. The lowest BCUT2D eigenvalue weighted by atomic mass is 10.1. The Labute approximate surface area is 220 Å². The van der Waals surface area contributed by atoms with Crippen LogP contribution >= 0.6 is 0 Å². The predicted molar refractivity (Wildman–Crippen MR) is 158 cm³/mol. The van der Waals surface area contributed by atoms with Crippen LogP contribution in [0.3, 0.4) is 0 Å². The Morgan fingerprint density at radius 3 is 1.47 bits per heavy atom. The van der Waals surface area contributed by atoms with Crippen molar-refractivity contribution in [1.82, 2.24) is 9.13 Å². The molecule has 0 spiro atoms. The molecule has 0 radical (unpaired) electrons. The molecule has 2 aromatic heterocycles. The van der Waals surface area contributed by atoms with E-state index in [1.165, 1.54) is 43.6 Å². The van der Waals surface area contributed by atoms with Gasteiger partial charge in [-0.15, -0.1) is 0 Å². The molecule has 8 aromatic rings. The number of aromatic nitrogens is 2. The van der Waals surface area contributed by atoms with Gasteiger partial charge in [0.2, 0.25) is 0 Å². The van der Waals surface area contributed by atoms with E-state index in [1.807, 2.05) is 6.07 Å². The second-order valence-corrected chi connectivity index (χ2v) is 9.69. The van der Waals surface area contributed by atoms with Crippen LogP contribution in [0, 0.1) is 12.1 Å². The van der Waals surface area contributed by atoms with E-state index in [0.29, 0.717) is 0 Å². The molecule has 0 aliphatic carbocycles. The van der Waals surface area contributed by atoms with Crippen LogP contribution in [0.25, 0.3) is 66.1 Å². The summed E-state index contributed by atoms with van der Waals surface area (Å²) in [5, 5.41) is 5.03. The number of rotatable bonds is 3. The molecular formula is C36H22N2. The Morgan fingerprint density at radius 1 is 0.421 bits per heavy atom. The molecule has 2 heteroatoms. The first-order valence-corrected chi connectivity index (χ1v) is 12.9. The monoisotopic (exact) mass is 482 g/mol. The number of hydrogen-bond donors (Lipinski definition) is 0. The molecule has 0 saturated heterocycles. The van der Waals surface area contributed by atoms with Crippen molar-refractivity contribution in [3.8, 4) is 22.5 Å². The minimum Gasteiger partial charge on any atom is -0.309 e. The van der Waals surface area contributed by atoms with Gasteiger partial charge >= 0.3 is 0 Å². The number of para-hydroxylation sites is 4. The van der Waals surface area contributed by atoms with E-state index in [9.17, 15) is 0 Å². The molecule has 0 N–H and O–H groups in total. The molecular weight excluding hydrogens is 460 g/mol. The smallest absolute Gasteiger partial charge is 0.0980 e. The van der Waals surface area contributed by atoms with Crippen LogP contribution in [0.4, 0.5) is 0 Å². The van der Waals surface area contributed by atoms with Gasteiger partial charge in [-0.05, 0) is 65.7 Å². The van der Waals surface area contributed by atoms with E-state index in [2.05, 4.69) is 149 Å². The molecule has 0 aliphatic rings. The fraction of sp³-hybridized carbons (Fsp3) is 0. The van der Waals surface area contributed by atoms with Crippen molar-refractivity contribution in [2.75, 3.05) is 0 Å². The van der Waals surface area contributed by atoms with Crippen molar-refractivity contribution in [1.29, 1.82) is 0 Å². The van der Waals surface area contributed by atoms with E-state index in [-0.39, 0.29) is 0 Å². The van der Waals surface area contributed by atoms with Gasteiger partial charge in [-0.3, -0.25) is 0 Å². The summed E-state index contributed by atoms with van der Waals surface area (Å²) in [6.07, 6.45) is 0. The van der Waals surface area contributed by atoms with Crippen LogP contribution in [0.2, 0.25) is 0 Å². The SMILES string of the molecule is c1cc(-c2cccc(-n3c4ccccc4c4ccccc43)c2)cc(-n2c3ccccc3c3ccccc32)c#1. The predicted octanol–water partition coefficient (Wildman–Crippen LogP) is 9.15. The van der Waals surface area contributed by atoms with Crippen LogP contribution in [-0.2, 0) is 0 Å². The average molecular weight is 483 g/mol. The normalized spacial score (nSPS) is 11.5. The molecule has 0 bridgehead atoms. The lowest BCUT2D eigenvalue weighted by molar-refractivity contribution is 1.18. The van der Waals surface area contributed by atoms with Crippen molar-refractivity contribution in [3.63, 3.8) is 0 Å². The molecule has 8 rings (SSSR count). The van der Waals surface area contributed by atoms with Gasteiger partial charge in [-0.25, -0.2) is 0 Å². The Hall–Kier alpha value is -5.26. The molecule has 0 amide bonds. The van der Waals surface area contributed by atoms with Crippen LogP contribution in [-0.4, -0.2) is 9.13 Å². The second kappa shape index (κ2) is 8.13. The van der Waals surface area contributed by atoms with Crippen molar-refractivity contribution >= 4 is 43.6 Å². The van der Waals surface area contributed by atoms with Gasteiger partial charge in [0.05, 0.1) is 27.8 Å². The van der Waals surface area contributed by atoms with Gasteiger partial charge in [0.15, 0.2) is 0 Å². The minimum atomic E-state index is 0.988. The number of hydrogen-bond acceptors (Lipinski definition) is 0. The van der Waals surface area contributed by atoms with Crippen LogP contribution in [0.15, 0.2) is 133 Å². The van der Waals surface area contributed by atoms with Gasteiger partial charge in [-0.1, -0.05) is 91.0 Å². The molecule has 0 saturated carbocycles. The summed E-state index contributed by atoms with van der Waals surface area (Å²) < 4.78 is 4.66. The molecule has 176 valence electrons. The highest BCUT2D eigenvalue weighted by Crippen LogP contribution is 2.35. The zero-order valence-electron chi connectivity index (χ0n) is 20.6. The average Bonchev–Trinajstić information content (AvgIpc) is 3.51. The maximum absolute atomic E-state index is 3.39. The zero-order valence-corrected chi connectivity index (χ0v) is 20.6. The second-order valence-electron chi connectivity index (χ2n) is 9.69. The molecule has 2 heterocycles. The molecule has 0 aliphatic heterocycles. The molecule has 0 fully saturated rings. The summed E-state index contributed by atoms with van der Waals surface area (Å²) >= 11 is 0. The largest absolute Gasteiger partial charge is 0.309 e. The van der Waals surface area contributed by atoms with Gasteiger partial charge in [-0.2, -0.15) is 0 Å². The molecule has 6 aromatic carbocycles.